The topological polar surface area (TPSA) is 95.5 Å². The highest BCUT2D eigenvalue weighted by molar-refractivity contribution is 5.86. The molecule has 4 N–H and O–H groups in total. The Morgan fingerprint density at radius 1 is 1.30 bits per heavy atom. The zero-order valence-corrected chi connectivity index (χ0v) is 11.0. The van der Waals surface area contributed by atoms with Crippen molar-refractivity contribution >= 4 is 22.5 Å². The van der Waals surface area contributed by atoms with Crippen molar-refractivity contribution in [1.29, 1.82) is 0 Å². The van der Waals surface area contributed by atoms with E-state index in [1.54, 1.807) is 6.07 Å². The van der Waals surface area contributed by atoms with Gasteiger partial charge in [0, 0.05) is 18.2 Å². The number of nitrogen functional groups attached to an aromatic ring is 1. The van der Waals surface area contributed by atoms with Crippen LogP contribution in [0.1, 0.15) is 25.7 Å². The predicted octanol–water partition coefficient (Wildman–Crippen LogP) is 1.20. The Kier molecular flexibility index (Phi) is 2.38. The van der Waals surface area contributed by atoms with Gasteiger partial charge < -0.3 is 20.2 Å². The molecule has 0 saturated carbocycles. The summed E-state index contributed by atoms with van der Waals surface area (Å²) in [6.07, 6.45) is 3.54. The molecule has 2 aromatic rings. The minimum Gasteiger partial charge on any atom is -0.408 e. The lowest BCUT2D eigenvalue weighted by Crippen LogP contribution is -2.45. The first-order valence-corrected chi connectivity index (χ1v) is 7.00. The fourth-order valence-corrected chi connectivity index (χ4v) is 3.77. The first kappa shape index (κ1) is 11.8. The number of fused-ring (bicyclic) bond motifs is 3. The molecule has 2 atom stereocenters. The Morgan fingerprint density at radius 2 is 2.00 bits per heavy atom. The van der Waals surface area contributed by atoms with Crippen LogP contribution >= 0.6 is 0 Å². The molecular formula is C14H17N3O3. The van der Waals surface area contributed by atoms with Crippen molar-refractivity contribution in [3.05, 3.63) is 22.7 Å². The minimum absolute atomic E-state index is 0.206. The molecule has 6 heteroatoms. The normalized spacial score (nSPS) is 29.2. The molecule has 3 heterocycles. The number of oxazole rings is 1. The van der Waals surface area contributed by atoms with Crippen molar-refractivity contribution in [1.82, 2.24) is 4.98 Å². The fraction of sp³-hybridized carbons (Fsp3) is 0.500. The number of aliphatic hydroxyl groups excluding tert-OH is 1. The van der Waals surface area contributed by atoms with Gasteiger partial charge in [0.25, 0.3) is 0 Å². The summed E-state index contributed by atoms with van der Waals surface area (Å²) in [7, 11) is 0. The van der Waals surface area contributed by atoms with Crippen LogP contribution in [-0.2, 0) is 0 Å². The maximum absolute atomic E-state index is 11.3. The molecular weight excluding hydrogens is 258 g/mol. The first-order chi connectivity index (χ1) is 9.61. The van der Waals surface area contributed by atoms with E-state index in [4.69, 9.17) is 10.2 Å². The SMILES string of the molecule is Nc1cc2oc(=O)[nH]c2cc1N1C2CCC1CC(O)C2. The van der Waals surface area contributed by atoms with Crippen LogP contribution in [-0.4, -0.2) is 28.3 Å². The van der Waals surface area contributed by atoms with E-state index in [2.05, 4.69) is 9.88 Å². The molecule has 0 amide bonds. The highest BCUT2D eigenvalue weighted by Gasteiger charge is 2.40. The van der Waals surface area contributed by atoms with E-state index in [9.17, 15) is 9.90 Å². The first-order valence-electron chi connectivity index (χ1n) is 7.00. The summed E-state index contributed by atoms with van der Waals surface area (Å²) in [5.74, 6) is -0.464. The number of piperidine rings is 1. The maximum atomic E-state index is 11.3. The molecule has 0 aliphatic carbocycles. The van der Waals surface area contributed by atoms with Gasteiger partial charge in [0.15, 0.2) is 5.58 Å². The fourth-order valence-electron chi connectivity index (χ4n) is 3.77. The molecule has 1 aromatic carbocycles. The van der Waals surface area contributed by atoms with Crippen molar-refractivity contribution in [2.24, 2.45) is 0 Å². The van der Waals surface area contributed by atoms with Gasteiger partial charge in [-0.05, 0) is 31.7 Å². The van der Waals surface area contributed by atoms with Crippen LogP contribution in [0.3, 0.4) is 0 Å². The second-order valence-electron chi connectivity index (χ2n) is 5.84. The van der Waals surface area contributed by atoms with Crippen LogP contribution in [0.15, 0.2) is 21.3 Å². The highest BCUT2D eigenvalue weighted by Crippen LogP contribution is 2.42. The van der Waals surface area contributed by atoms with E-state index >= 15 is 0 Å². The van der Waals surface area contributed by atoms with Crippen molar-refractivity contribution < 1.29 is 9.52 Å². The predicted molar refractivity (Wildman–Crippen MR) is 75.8 cm³/mol. The molecule has 2 fully saturated rings. The van der Waals surface area contributed by atoms with Gasteiger partial charge in [0.2, 0.25) is 0 Å². The molecule has 2 aliphatic heterocycles. The van der Waals surface area contributed by atoms with Gasteiger partial charge in [-0.15, -0.1) is 0 Å². The van der Waals surface area contributed by atoms with Gasteiger partial charge in [-0.1, -0.05) is 0 Å². The minimum atomic E-state index is -0.464. The number of nitrogens with zero attached hydrogens (tertiary/aromatic N) is 1. The van der Waals surface area contributed by atoms with Gasteiger partial charge in [0.1, 0.15) is 0 Å². The summed E-state index contributed by atoms with van der Waals surface area (Å²) in [6.45, 7) is 0. The summed E-state index contributed by atoms with van der Waals surface area (Å²) in [5, 5.41) is 9.88. The average Bonchev–Trinajstić information content (AvgIpc) is 2.85. The number of benzene rings is 1. The second-order valence-corrected chi connectivity index (χ2v) is 5.84. The number of H-pyrrole nitrogens is 1. The summed E-state index contributed by atoms with van der Waals surface area (Å²) in [4.78, 5) is 16.2. The Bertz CT molecular complexity index is 706. The number of anilines is 2. The summed E-state index contributed by atoms with van der Waals surface area (Å²) in [6, 6.07) is 4.26. The standard InChI is InChI=1S/C14H17N3O3/c15-10-5-13-11(16-14(19)20-13)6-12(10)17-7-1-2-8(17)4-9(18)3-7/h5-9,18H,1-4,15H2,(H,16,19). The van der Waals surface area contributed by atoms with Crippen molar-refractivity contribution in [2.75, 3.05) is 10.6 Å². The van der Waals surface area contributed by atoms with E-state index in [-0.39, 0.29) is 6.10 Å². The Balaban J connectivity index is 1.82. The van der Waals surface area contributed by atoms with E-state index in [0.29, 0.717) is 28.9 Å². The third-order valence-corrected chi connectivity index (χ3v) is 4.55. The molecule has 2 aliphatic rings. The number of hydrogen-bond acceptors (Lipinski definition) is 5. The molecule has 0 radical (unpaired) electrons. The third kappa shape index (κ3) is 1.64. The number of rotatable bonds is 1. The van der Waals surface area contributed by atoms with Crippen molar-refractivity contribution in [2.45, 2.75) is 43.9 Å². The number of aromatic nitrogens is 1. The number of hydrogen-bond donors (Lipinski definition) is 3. The van der Waals surface area contributed by atoms with E-state index in [1.807, 2.05) is 6.07 Å². The highest BCUT2D eigenvalue weighted by atomic mass is 16.4. The molecule has 4 rings (SSSR count). The Morgan fingerprint density at radius 3 is 2.70 bits per heavy atom. The molecule has 2 bridgehead atoms. The zero-order valence-electron chi connectivity index (χ0n) is 11.0. The smallest absolute Gasteiger partial charge is 0.408 e. The monoisotopic (exact) mass is 275 g/mol. The lowest BCUT2D eigenvalue weighted by Gasteiger charge is -2.39. The average molecular weight is 275 g/mol. The van der Waals surface area contributed by atoms with E-state index in [1.165, 1.54) is 0 Å². The molecule has 2 unspecified atom stereocenters. The van der Waals surface area contributed by atoms with E-state index < -0.39 is 5.76 Å². The van der Waals surface area contributed by atoms with Crippen LogP contribution in [0.25, 0.3) is 11.1 Å². The summed E-state index contributed by atoms with van der Waals surface area (Å²) >= 11 is 0. The van der Waals surface area contributed by atoms with Gasteiger partial charge in [-0.25, -0.2) is 4.79 Å². The quantitative estimate of drug-likeness (QED) is 0.680. The molecule has 106 valence electrons. The number of nitrogens with one attached hydrogen (secondary N) is 1. The number of nitrogens with two attached hydrogens (primary N) is 1. The van der Waals surface area contributed by atoms with Crippen LogP contribution in [0.5, 0.6) is 0 Å². The van der Waals surface area contributed by atoms with Crippen LogP contribution in [0, 0.1) is 0 Å². The third-order valence-electron chi connectivity index (χ3n) is 4.55. The summed E-state index contributed by atoms with van der Waals surface area (Å²) in [5.41, 5.74) is 8.85. The number of aliphatic hydroxyl groups is 1. The van der Waals surface area contributed by atoms with Crippen LogP contribution < -0.4 is 16.4 Å². The second kappa shape index (κ2) is 4.02. The van der Waals surface area contributed by atoms with Gasteiger partial charge in [-0.3, -0.25) is 4.98 Å². The maximum Gasteiger partial charge on any atom is 0.417 e. The van der Waals surface area contributed by atoms with Crippen LogP contribution in [0.4, 0.5) is 11.4 Å². The molecule has 0 spiro atoms. The molecule has 1 aromatic heterocycles. The molecule has 6 nitrogen and oxygen atoms in total. The lowest BCUT2D eigenvalue weighted by molar-refractivity contribution is 0.126. The van der Waals surface area contributed by atoms with Gasteiger partial charge in [-0.2, -0.15) is 0 Å². The van der Waals surface area contributed by atoms with Crippen molar-refractivity contribution in [3.8, 4) is 0 Å². The largest absolute Gasteiger partial charge is 0.417 e. The zero-order chi connectivity index (χ0) is 13.9. The van der Waals surface area contributed by atoms with Gasteiger partial charge >= 0.3 is 5.76 Å². The number of aromatic amines is 1. The van der Waals surface area contributed by atoms with Gasteiger partial charge in [0.05, 0.1) is 23.0 Å². The van der Waals surface area contributed by atoms with Crippen LogP contribution in [0.2, 0.25) is 0 Å². The Labute approximate surface area is 115 Å². The molecule has 20 heavy (non-hydrogen) atoms. The van der Waals surface area contributed by atoms with E-state index in [0.717, 1.165) is 31.4 Å². The lowest BCUT2D eigenvalue weighted by atomic mass is 9.98. The van der Waals surface area contributed by atoms with Crippen molar-refractivity contribution in [3.63, 3.8) is 0 Å². The summed E-state index contributed by atoms with van der Waals surface area (Å²) < 4.78 is 5.03. The Hall–Kier alpha value is -1.95. The molecule has 2 saturated heterocycles.